The molecule has 0 bridgehead atoms. The van der Waals surface area contributed by atoms with Gasteiger partial charge in [0.05, 0.1) is 11.7 Å². The van der Waals surface area contributed by atoms with Crippen LogP contribution in [0.25, 0.3) is 0 Å². The Morgan fingerprint density at radius 2 is 2.00 bits per heavy atom. The number of carbonyl (C=O) groups is 1. The second kappa shape index (κ2) is 5.30. The van der Waals surface area contributed by atoms with Crippen molar-refractivity contribution in [1.82, 2.24) is 4.90 Å². The zero-order valence-corrected chi connectivity index (χ0v) is 12.6. The van der Waals surface area contributed by atoms with Crippen LogP contribution in [-0.4, -0.2) is 46.3 Å². The summed E-state index contributed by atoms with van der Waals surface area (Å²) in [5.41, 5.74) is -0.475. The third kappa shape index (κ3) is 2.27. The predicted octanol–water partition coefficient (Wildman–Crippen LogP) is 2.81. The van der Waals surface area contributed by atoms with Crippen LogP contribution in [0.15, 0.2) is 0 Å². The van der Waals surface area contributed by atoms with Crippen LogP contribution in [0.4, 0.5) is 0 Å². The van der Waals surface area contributed by atoms with E-state index in [1.54, 1.807) is 0 Å². The van der Waals surface area contributed by atoms with Crippen molar-refractivity contribution >= 4 is 5.97 Å². The Morgan fingerprint density at radius 1 is 1.25 bits per heavy atom. The quantitative estimate of drug-likeness (QED) is 0.861. The average Bonchev–Trinajstić information content (AvgIpc) is 3.13. The molecule has 0 aromatic rings. The van der Waals surface area contributed by atoms with Crippen molar-refractivity contribution in [2.45, 2.75) is 82.0 Å². The SMILES string of the molecule is CCC1(C(=O)O)CCCN1CC1CCC2(CCCC2)O1. The van der Waals surface area contributed by atoms with E-state index in [0.29, 0.717) is 6.42 Å². The average molecular weight is 281 g/mol. The van der Waals surface area contributed by atoms with Gasteiger partial charge in [-0.2, -0.15) is 0 Å². The fourth-order valence-electron chi connectivity index (χ4n) is 4.65. The fourth-order valence-corrected chi connectivity index (χ4v) is 4.65. The second-order valence-corrected chi connectivity index (χ2v) is 6.91. The maximum atomic E-state index is 11.7. The first kappa shape index (κ1) is 14.3. The van der Waals surface area contributed by atoms with Gasteiger partial charge in [0.2, 0.25) is 0 Å². The lowest BCUT2D eigenvalue weighted by Gasteiger charge is -2.36. The molecule has 20 heavy (non-hydrogen) atoms. The minimum Gasteiger partial charge on any atom is -0.480 e. The molecule has 4 heteroatoms. The number of rotatable bonds is 4. The summed E-state index contributed by atoms with van der Waals surface area (Å²) in [7, 11) is 0. The zero-order valence-electron chi connectivity index (χ0n) is 12.6. The summed E-state index contributed by atoms with van der Waals surface area (Å²) in [5, 5.41) is 9.63. The zero-order chi connectivity index (χ0) is 14.2. The molecule has 1 aliphatic carbocycles. The third-order valence-electron chi connectivity index (χ3n) is 5.88. The Morgan fingerprint density at radius 3 is 2.65 bits per heavy atom. The lowest BCUT2D eigenvalue weighted by atomic mass is 9.92. The van der Waals surface area contributed by atoms with Crippen molar-refractivity contribution in [3.63, 3.8) is 0 Å². The molecule has 2 atom stereocenters. The first-order chi connectivity index (χ1) is 9.60. The van der Waals surface area contributed by atoms with Gasteiger partial charge in [-0.25, -0.2) is 0 Å². The highest BCUT2D eigenvalue weighted by atomic mass is 16.5. The standard InChI is InChI=1S/C16H27NO3/c1-2-16(14(18)19)9-5-11-17(16)12-13-6-10-15(20-13)7-3-4-8-15/h13H,2-12H2,1H3,(H,18,19). The molecule has 2 unspecified atom stereocenters. The van der Waals surface area contributed by atoms with Crippen LogP contribution in [-0.2, 0) is 9.53 Å². The molecule has 4 nitrogen and oxygen atoms in total. The first-order valence-electron chi connectivity index (χ1n) is 8.26. The fraction of sp³-hybridized carbons (Fsp3) is 0.938. The summed E-state index contributed by atoms with van der Waals surface area (Å²) in [6, 6.07) is 0. The van der Waals surface area contributed by atoms with Crippen molar-refractivity contribution in [3.8, 4) is 0 Å². The van der Waals surface area contributed by atoms with E-state index in [0.717, 1.165) is 32.4 Å². The Balaban J connectivity index is 1.64. The van der Waals surface area contributed by atoms with E-state index in [1.807, 2.05) is 6.92 Å². The molecule has 3 fully saturated rings. The van der Waals surface area contributed by atoms with Crippen LogP contribution in [0, 0.1) is 0 Å². The summed E-state index contributed by atoms with van der Waals surface area (Å²) in [4.78, 5) is 13.9. The Labute approximate surface area is 121 Å². The summed E-state index contributed by atoms with van der Waals surface area (Å²) in [6.07, 6.45) is 10.0. The van der Waals surface area contributed by atoms with E-state index in [4.69, 9.17) is 4.74 Å². The highest BCUT2D eigenvalue weighted by molar-refractivity contribution is 5.79. The van der Waals surface area contributed by atoms with E-state index in [-0.39, 0.29) is 11.7 Å². The minimum absolute atomic E-state index is 0.155. The highest BCUT2D eigenvalue weighted by Crippen LogP contribution is 2.44. The first-order valence-corrected chi connectivity index (χ1v) is 8.26. The lowest BCUT2D eigenvalue weighted by Crippen LogP contribution is -2.52. The number of carboxylic acid groups (broad SMARTS) is 1. The van der Waals surface area contributed by atoms with Crippen molar-refractivity contribution in [1.29, 1.82) is 0 Å². The van der Waals surface area contributed by atoms with Gasteiger partial charge in [0.1, 0.15) is 5.54 Å². The number of hydrogen-bond donors (Lipinski definition) is 1. The van der Waals surface area contributed by atoms with Gasteiger partial charge in [0.25, 0.3) is 0 Å². The molecule has 0 aromatic carbocycles. The van der Waals surface area contributed by atoms with Crippen LogP contribution >= 0.6 is 0 Å². The number of nitrogens with zero attached hydrogens (tertiary/aromatic N) is 1. The van der Waals surface area contributed by atoms with Crippen molar-refractivity contribution in [2.75, 3.05) is 13.1 Å². The molecule has 3 aliphatic rings. The van der Waals surface area contributed by atoms with Gasteiger partial charge in [0.15, 0.2) is 0 Å². The van der Waals surface area contributed by atoms with Crippen LogP contribution < -0.4 is 0 Å². The van der Waals surface area contributed by atoms with Crippen LogP contribution in [0.5, 0.6) is 0 Å². The molecule has 1 spiro atoms. The molecule has 3 rings (SSSR count). The number of hydrogen-bond acceptors (Lipinski definition) is 3. The van der Waals surface area contributed by atoms with Gasteiger partial charge in [-0.05, 0) is 51.5 Å². The maximum absolute atomic E-state index is 11.7. The van der Waals surface area contributed by atoms with E-state index < -0.39 is 11.5 Å². The van der Waals surface area contributed by atoms with Gasteiger partial charge in [0, 0.05) is 6.54 Å². The highest BCUT2D eigenvalue weighted by Gasteiger charge is 2.49. The topological polar surface area (TPSA) is 49.8 Å². The lowest BCUT2D eigenvalue weighted by molar-refractivity contribution is -0.151. The number of aliphatic carboxylic acids is 1. The van der Waals surface area contributed by atoms with Gasteiger partial charge >= 0.3 is 5.97 Å². The van der Waals surface area contributed by atoms with Gasteiger partial charge < -0.3 is 9.84 Å². The van der Waals surface area contributed by atoms with Crippen LogP contribution in [0.2, 0.25) is 0 Å². The molecule has 114 valence electrons. The maximum Gasteiger partial charge on any atom is 0.324 e. The summed E-state index contributed by atoms with van der Waals surface area (Å²) >= 11 is 0. The van der Waals surface area contributed by atoms with E-state index in [9.17, 15) is 9.90 Å². The van der Waals surface area contributed by atoms with Crippen LogP contribution in [0.1, 0.15) is 64.7 Å². The molecule has 0 aromatic heterocycles. The minimum atomic E-state index is -0.647. The second-order valence-electron chi connectivity index (χ2n) is 6.91. The molecule has 2 heterocycles. The molecular weight excluding hydrogens is 254 g/mol. The Kier molecular flexibility index (Phi) is 3.80. The molecule has 2 saturated heterocycles. The molecule has 2 aliphatic heterocycles. The van der Waals surface area contributed by atoms with Crippen molar-refractivity contribution in [2.24, 2.45) is 0 Å². The predicted molar refractivity (Wildman–Crippen MR) is 76.8 cm³/mol. The Bertz CT molecular complexity index is 378. The Hall–Kier alpha value is -0.610. The third-order valence-corrected chi connectivity index (χ3v) is 5.88. The largest absolute Gasteiger partial charge is 0.480 e. The molecule has 0 amide bonds. The summed E-state index contributed by atoms with van der Waals surface area (Å²) in [6.45, 7) is 3.72. The number of likely N-dealkylation sites (tertiary alicyclic amines) is 1. The normalized spacial score (nSPS) is 37.0. The van der Waals surface area contributed by atoms with E-state index >= 15 is 0 Å². The molecule has 1 saturated carbocycles. The smallest absolute Gasteiger partial charge is 0.324 e. The molecule has 1 N–H and O–H groups in total. The molecule has 0 radical (unpaired) electrons. The summed E-state index contributed by atoms with van der Waals surface area (Å²) in [5.74, 6) is -0.647. The van der Waals surface area contributed by atoms with Gasteiger partial charge in [-0.3, -0.25) is 9.69 Å². The molecular formula is C16H27NO3. The van der Waals surface area contributed by atoms with Gasteiger partial charge in [-0.15, -0.1) is 0 Å². The van der Waals surface area contributed by atoms with E-state index in [1.165, 1.54) is 32.1 Å². The van der Waals surface area contributed by atoms with Crippen LogP contribution in [0.3, 0.4) is 0 Å². The van der Waals surface area contributed by atoms with Crippen molar-refractivity contribution < 1.29 is 14.6 Å². The number of ether oxygens (including phenoxy) is 1. The monoisotopic (exact) mass is 281 g/mol. The number of carboxylic acids is 1. The summed E-state index contributed by atoms with van der Waals surface area (Å²) < 4.78 is 6.35. The van der Waals surface area contributed by atoms with Crippen molar-refractivity contribution in [3.05, 3.63) is 0 Å². The van der Waals surface area contributed by atoms with Gasteiger partial charge in [-0.1, -0.05) is 19.8 Å². The van der Waals surface area contributed by atoms with E-state index in [2.05, 4.69) is 4.90 Å².